The Bertz CT molecular complexity index is 829. The largest absolute Gasteiger partial charge is 0.493 e. The molecule has 27 heavy (non-hydrogen) atoms. The number of nitro benzene ring substituents is 1. The molecule has 0 fully saturated rings. The molecule has 140 valence electrons. The third-order valence-corrected chi connectivity index (χ3v) is 3.32. The van der Waals surface area contributed by atoms with Crippen LogP contribution in [0.2, 0.25) is 0 Å². The molecule has 0 saturated carbocycles. The van der Waals surface area contributed by atoms with Gasteiger partial charge in [0.2, 0.25) is 0 Å². The molecule has 0 radical (unpaired) electrons. The van der Waals surface area contributed by atoms with Gasteiger partial charge in [-0.2, -0.15) is 10.2 Å². The first-order valence-corrected chi connectivity index (χ1v) is 8.17. The van der Waals surface area contributed by atoms with Gasteiger partial charge in [-0.25, -0.2) is 4.79 Å². The first-order valence-electron chi connectivity index (χ1n) is 8.17. The molecule has 2 rings (SSSR count). The number of rotatable bonds is 9. The molecule has 0 aromatic heterocycles. The molecule has 0 aliphatic rings. The number of azo groups is 1. The van der Waals surface area contributed by atoms with Crippen LogP contribution in [-0.4, -0.2) is 24.1 Å². The first-order chi connectivity index (χ1) is 13.0. The zero-order chi connectivity index (χ0) is 19.6. The van der Waals surface area contributed by atoms with Gasteiger partial charge in [0.1, 0.15) is 5.75 Å². The lowest BCUT2D eigenvalue weighted by Gasteiger charge is -2.07. The molecule has 8 nitrogen and oxygen atoms in total. The van der Waals surface area contributed by atoms with E-state index in [1.807, 2.05) is 0 Å². The lowest BCUT2D eigenvalue weighted by Crippen LogP contribution is -2.09. The van der Waals surface area contributed by atoms with Gasteiger partial charge in [-0.3, -0.25) is 10.1 Å². The van der Waals surface area contributed by atoms with E-state index >= 15 is 0 Å². The summed E-state index contributed by atoms with van der Waals surface area (Å²) < 4.78 is 10.5. The molecule has 2 aromatic rings. The van der Waals surface area contributed by atoms with Crippen molar-refractivity contribution in [1.29, 1.82) is 0 Å². The molecule has 0 atom stereocenters. The quantitative estimate of drug-likeness (QED) is 0.156. The lowest BCUT2D eigenvalue weighted by atomic mass is 10.3. The molecular formula is C19H19N3O5. The number of nitrogens with zero attached hydrogens (tertiary/aromatic N) is 3. The second-order valence-corrected chi connectivity index (χ2v) is 5.59. The predicted octanol–water partition coefficient (Wildman–Crippen LogP) is 4.90. The number of non-ortho nitro benzene ring substituents is 1. The predicted molar refractivity (Wildman–Crippen MR) is 99.6 cm³/mol. The van der Waals surface area contributed by atoms with Gasteiger partial charge in [-0.05, 0) is 43.3 Å². The molecule has 0 saturated heterocycles. The maximum Gasteiger partial charge on any atom is 0.333 e. The van der Waals surface area contributed by atoms with Crippen molar-refractivity contribution in [2.45, 2.75) is 13.3 Å². The van der Waals surface area contributed by atoms with Gasteiger partial charge in [0.25, 0.3) is 5.69 Å². The molecule has 0 unspecified atom stereocenters. The van der Waals surface area contributed by atoms with Gasteiger partial charge < -0.3 is 9.47 Å². The van der Waals surface area contributed by atoms with E-state index in [9.17, 15) is 14.9 Å². The van der Waals surface area contributed by atoms with Crippen LogP contribution < -0.4 is 4.74 Å². The molecule has 0 aliphatic carbocycles. The minimum Gasteiger partial charge on any atom is -0.493 e. The van der Waals surface area contributed by atoms with E-state index in [0.29, 0.717) is 35.7 Å². The van der Waals surface area contributed by atoms with Crippen LogP contribution >= 0.6 is 0 Å². The Kier molecular flexibility index (Phi) is 7.18. The van der Waals surface area contributed by atoms with E-state index < -0.39 is 10.9 Å². The van der Waals surface area contributed by atoms with Gasteiger partial charge in [0, 0.05) is 24.1 Å². The Hall–Kier alpha value is -3.55. The Morgan fingerprint density at radius 3 is 2.11 bits per heavy atom. The zero-order valence-corrected chi connectivity index (χ0v) is 14.8. The highest BCUT2D eigenvalue weighted by Crippen LogP contribution is 2.23. The first kappa shape index (κ1) is 19.8. The Morgan fingerprint density at radius 1 is 1.04 bits per heavy atom. The summed E-state index contributed by atoms with van der Waals surface area (Å²) in [6.07, 6.45) is 0.570. The van der Waals surface area contributed by atoms with E-state index in [-0.39, 0.29) is 12.3 Å². The maximum absolute atomic E-state index is 11.2. The van der Waals surface area contributed by atoms with E-state index in [2.05, 4.69) is 16.8 Å². The second kappa shape index (κ2) is 9.81. The van der Waals surface area contributed by atoms with E-state index in [0.717, 1.165) is 0 Å². The molecule has 0 amide bonds. The SMILES string of the molecule is C=C(C)C(=O)OCCCOc1ccc(N=Nc2ccc([N+](=O)[O-])cc2)cc1. The number of esters is 1. The molecule has 0 aliphatic heterocycles. The summed E-state index contributed by atoms with van der Waals surface area (Å²) in [4.78, 5) is 21.4. The topological polar surface area (TPSA) is 103 Å². The zero-order valence-electron chi connectivity index (χ0n) is 14.8. The standard InChI is InChI=1S/C19H19N3O5/c1-14(2)19(23)27-13-3-12-26-18-10-6-16(7-11-18)21-20-15-4-8-17(9-5-15)22(24)25/h4-11H,1,3,12-13H2,2H3. The number of benzene rings is 2. The molecule has 0 spiro atoms. The van der Waals surface area contributed by atoms with Crippen molar-refractivity contribution in [2.24, 2.45) is 10.2 Å². The summed E-state index contributed by atoms with van der Waals surface area (Å²) in [5.74, 6) is 0.258. The smallest absolute Gasteiger partial charge is 0.333 e. The maximum atomic E-state index is 11.2. The van der Waals surface area contributed by atoms with Crippen LogP contribution in [-0.2, 0) is 9.53 Å². The van der Waals surface area contributed by atoms with E-state index in [1.54, 1.807) is 31.2 Å². The second-order valence-electron chi connectivity index (χ2n) is 5.59. The summed E-state index contributed by atoms with van der Waals surface area (Å²) in [5.41, 5.74) is 1.51. The van der Waals surface area contributed by atoms with Gasteiger partial charge in [0.15, 0.2) is 0 Å². The molecule has 0 N–H and O–H groups in total. The van der Waals surface area contributed by atoms with Crippen molar-refractivity contribution in [2.75, 3.05) is 13.2 Å². The van der Waals surface area contributed by atoms with Crippen LogP contribution in [0.15, 0.2) is 70.9 Å². The fourth-order valence-electron chi connectivity index (χ4n) is 1.90. The Morgan fingerprint density at radius 2 is 1.59 bits per heavy atom. The van der Waals surface area contributed by atoms with Crippen LogP contribution in [0.1, 0.15) is 13.3 Å². The van der Waals surface area contributed by atoms with Gasteiger partial charge in [-0.1, -0.05) is 6.58 Å². The normalized spacial score (nSPS) is 10.6. The average Bonchev–Trinajstić information content (AvgIpc) is 2.67. The Labute approximate surface area is 156 Å². The summed E-state index contributed by atoms with van der Waals surface area (Å²) in [6, 6.07) is 12.8. The minimum absolute atomic E-state index is 0.00449. The third kappa shape index (κ3) is 6.69. The van der Waals surface area contributed by atoms with Crippen LogP contribution in [0.25, 0.3) is 0 Å². The van der Waals surface area contributed by atoms with Crippen molar-refractivity contribution in [1.82, 2.24) is 0 Å². The summed E-state index contributed by atoms with van der Waals surface area (Å²) in [7, 11) is 0. The fraction of sp³-hybridized carbons (Fsp3) is 0.211. The highest BCUT2D eigenvalue weighted by Gasteiger charge is 2.04. The van der Waals surface area contributed by atoms with Gasteiger partial charge >= 0.3 is 5.97 Å². The molecule has 8 heteroatoms. The van der Waals surface area contributed by atoms with Crippen molar-refractivity contribution < 1.29 is 19.2 Å². The van der Waals surface area contributed by atoms with Crippen LogP contribution in [0, 0.1) is 10.1 Å². The number of hydrogen-bond donors (Lipinski definition) is 0. The summed E-state index contributed by atoms with van der Waals surface area (Å²) in [6.45, 7) is 5.78. The number of hydrogen-bond acceptors (Lipinski definition) is 7. The number of carbonyl (C=O) groups is 1. The number of nitro groups is 1. The van der Waals surface area contributed by atoms with Crippen molar-refractivity contribution in [3.05, 3.63) is 70.8 Å². The summed E-state index contributed by atoms with van der Waals surface area (Å²) >= 11 is 0. The Balaban J connectivity index is 1.78. The van der Waals surface area contributed by atoms with Crippen LogP contribution in [0.4, 0.5) is 17.1 Å². The van der Waals surface area contributed by atoms with Gasteiger partial charge in [-0.15, -0.1) is 0 Å². The molecule has 0 bridgehead atoms. The average molecular weight is 369 g/mol. The van der Waals surface area contributed by atoms with E-state index in [4.69, 9.17) is 9.47 Å². The minimum atomic E-state index is -0.468. The number of ether oxygens (including phenoxy) is 2. The van der Waals surface area contributed by atoms with Crippen molar-refractivity contribution >= 4 is 23.0 Å². The van der Waals surface area contributed by atoms with Gasteiger partial charge in [0.05, 0.1) is 29.5 Å². The third-order valence-electron chi connectivity index (χ3n) is 3.32. The monoisotopic (exact) mass is 369 g/mol. The lowest BCUT2D eigenvalue weighted by molar-refractivity contribution is -0.384. The van der Waals surface area contributed by atoms with Crippen molar-refractivity contribution in [3.63, 3.8) is 0 Å². The fourth-order valence-corrected chi connectivity index (χ4v) is 1.90. The molecular weight excluding hydrogens is 350 g/mol. The molecule has 2 aromatic carbocycles. The summed E-state index contributed by atoms with van der Waals surface area (Å²) in [5, 5.41) is 18.7. The van der Waals surface area contributed by atoms with Crippen LogP contribution in [0.5, 0.6) is 5.75 Å². The number of carbonyl (C=O) groups excluding carboxylic acids is 1. The highest BCUT2D eigenvalue weighted by molar-refractivity contribution is 5.86. The highest BCUT2D eigenvalue weighted by atomic mass is 16.6. The van der Waals surface area contributed by atoms with Crippen molar-refractivity contribution in [3.8, 4) is 5.75 Å². The van der Waals surface area contributed by atoms with E-state index in [1.165, 1.54) is 24.3 Å². The van der Waals surface area contributed by atoms with Crippen LogP contribution in [0.3, 0.4) is 0 Å². The molecule has 0 heterocycles.